The van der Waals surface area contributed by atoms with E-state index in [1.807, 2.05) is 0 Å². The van der Waals surface area contributed by atoms with E-state index in [1.54, 1.807) is 0 Å². The number of hydrogen-bond acceptors (Lipinski definition) is 2. The molecule has 1 aliphatic heterocycles. The third kappa shape index (κ3) is 1.96. The number of hydrogen-bond donors (Lipinski definition) is 1. The van der Waals surface area contributed by atoms with Gasteiger partial charge in [-0.3, -0.25) is 4.90 Å². The molecule has 2 rings (SSSR count). The Bertz CT molecular complexity index is 188. The van der Waals surface area contributed by atoms with Gasteiger partial charge in [0.15, 0.2) is 0 Å². The Balaban J connectivity index is 1.93. The van der Waals surface area contributed by atoms with Gasteiger partial charge in [-0.15, -0.1) is 0 Å². The fourth-order valence-corrected chi connectivity index (χ4v) is 2.94. The van der Waals surface area contributed by atoms with Gasteiger partial charge in [-0.2, -0.15) is 0 Å². The highest BCUT2D eigenvalue weighted by Gasteiger charge is 2.37. The molecule has 2 heteroatoms. The van der Waals surface area contributed by atoms with Gasteiger partial charge in [0.05, 0.1) is 0 Å². The standard InChI is InChI=1S/C12H24N2/c1-10-5-3-6-11(2)14(10)9-12(13)7-4-8-12/h10-11H,3-9,13H2,1-2H3. The van der Waals surface area contributed by atoms with Crippen LogP contribution in [-0.2, 0) is 0 Å². The van der Waals surface area contributed by atoms with Crippen LogP contribution < -0.4 is 5.73 Å². The molecule has 14 heavy (non-hydrogen) atoms. The Labute approximate surface area is 87.8 Å². The van der Waals surface area contributed by atoms with Crippen LogP contribution in [0, 0.1) is 0 Å². The molecule has 0 spiro atoms. The monoisotopic (exact) mass is 196 g/mol. The molecule has 1 saturated heterocycles. The van der Waals surface area contributed by atoms with Gasteiger partial charge in [-0.25, -0.2) is 0 Å². The lowest BCUT2D eigenvalue weighted by Crippen LogP contribution is -2.59. The van der Waals surface area contributed by atoms with Crippen LogP contribution in [-0.4, -0.2) is 29.1 Å². The lowest BCUT2D eigenvalue weighted by molar-refractivity contribution is 0.0518. The highest BCUT2D eigenvalue weighted by atomic mass is 15.2. The van der Waals surface area contributed by atoms with Crippen molar-refractivity contribution in [1.29, 1.82) is 0 Å². The summed E-state index contributed by atoms with van der Waals surface area (Å²) in [7, 11) is 0. The van der Waals surface area contributed by atoms with E-state index in [-0.39, 0.29) is 5.54 Å². The molecule has 2 atom stereocenters. The van der Waals surface area contributed by atoms with Gasteiger partial charge >= 0.3 is 0 Å². The van der Waals surface area contributed by atoms with E-state index >= 15 is 0 Å². The van der Waals surface area contributed by atoms with Crippen molar-refractivity contribution in [2.75, 3.05) is 6.54 Å². The molecule has 2 nitrogen and oxygen atoms in total. The quantitative estimate of drug-likeness (QED) is 0.733. The van der Waals surface area contributed by atoms with Gasteiger partial charge < -0.3 is 5.73 Å². The largest absolute Gasteiger partial charge is 0.324 e. The van der Waals surface area contributed by atoms with Gasteiger partial charge in [0.1, 0.15) is 0 Å². The maximum absolute atomic E-state index is 6.32. The molecule has 0 bridgehead atoms. The molecule has 82 valence electrons. The molecule has 0 amide bonds. The molecule has 0 aromatic rings. The van der Waals surface area contributed by atoms with Crippen LogP contribution in [0.2, 0.25) is 0 Å². The lowest BCUT2D eigenvalue weighted by Gasteiger charge is -2.47. The van der Waals surface area contributed by atoms with E-state index in [0.717, 1.165) is 18.6 Å². The molecule has 2 N–H and O–H groups in total. The summed E-state index contributed by atoms with van der Waals surface area (Å²) in [6.07, 6.45) is 7.94. The first-order valence-corrected chi connectivity index (χ1v) is 6.15. The average molecular weight is 196 g/mol. The molecule has 1 heterocycles. The Morgan fingerprint density at radius 1 is 1.14 bits per heavy atom. The van der Waals surface area contributed by atoms with E-state index in [2.05, 4.69) is 18.7 Å². The van der Waals surface area contributed by atoms with E-state index in [4.69, 9.17) is 5.73 Å². The maximum Gasteiger partial charge on any atom is 0.0283 e. The van der Waals surface area contributed by atoms with E-state index in [1.165, 1.54) is 38.5 Å². The fraction of sp³-hybridized carbons (Fsp3) is 1.00. The first kappa shape index (κ1) is 10.4. The molecule has 2 fully saturated rings. The van der Waals surface area contributed by atoms with Crippen molar-refractivity contribution in [3.63, 3.8) is 0 Å². The molecule has 0 aromatic carbocycles. The van der Waals surface area contributed by atoms with Crippen LogP contribution in [0.1, 0.15) is 52.4 Å². The zero-order chi connectivity index (χ0) is 10.2. The summed E-state index contributed by atoms with van der Waals surface area (Å²) in [6.45, 7) is 5.85. The Kier molecular flexibility index (Phi) is 2.85. The molecule has 1 aliphatic carbocycles. The van der Waals surface area contributed by atoms with Gasteiger partial charge in [-0.1, -0.05) is 6.42 Å². The van der Waals surface area contributed by atoms with Crippen LogP contribution in [0.3, 0.4) is 0 Å². The van der Waals surface area contributed by atoms with Crippen molar-refractivity contribution in [3.8, 4) is 0 Å². The van der Waals surface area contributed by atoms with E-state index in [0.29, 0.717) is 0 Å². The normalized spacial score (nSPS) is 37.9. The van der Waals surface area contributed by atoms with Crippen LogP contribution in [0.15, 0.2) is 0 Å². The van der Waals surface area contributed by atoms with Crippen molar-refractivity contribution in [1.82, 2.24) is 4.90 Å². The zero-order valence-corrected chi connectivity index (χ0v) is 9.63. The number of nitrogens with two attached hydrogens (primary N) is 1. The Hall–Kier alpha value is -0.0800. The summed E-state index contributed by atoms with van der Waals surface area (Å²) in [5, 5.41) is 0. The molecule has 1 saturated carbocycles. The molecule has 0 aromatic heterocycles. The van der Waals surface area contributed by atoms with Gasteiger partial charge in [0, 0.05) is 24.2 Å². The number of rotatable bonds is 2. The molecule has 2 unspecified atom stereocenters. The third-order valence-corrected chi connectivity index (χ3v) is 4.22. The minimum atomic E-state index is 0.167. The van der Waals surface area contributed by atoms with E-state index < -0.39 is 0 Å². The molecule has 2 aliphatic rings. The number of likely N-dealkylation sites (tertiary alicyclic amines) is 1. The first-order chi connectivity index (χ1) is 6.61. The summed E-state index contributed by atoms with van der Waals surface area (Å²) in [5.74, 6) is 0. The average Bonchev–Trinajstić information content (AvgIpc) is 2.09. The predicted molar refractivity (Wildman–Crippen MR) is 60.3 cm³/mol. The van der Waals surface area contributed by atoms with Gasteiger partial charge in [-0.05, 0) is 46.0 Å². The topological polar surface area (TPSA) is 29.3 Å². The Morgan fingerprint density at radius 3 is 2.14 bits per heavy atom. The summed E-state index contributed by atoms with van der Waals surface area (Å²) < 4.78 is 0. The number of nitrogens with zero attached hydrogens (tertiary/aromatic N) is 1. The highest BCUT2D eigenvalue weighted by Crippen LogP contribution is 2.33. The zero-order valence-electron chi connectivity index (χ0n) is 9.63. The molecular weight excluding hydrogens is 172 g/mol. The summed E-state index contributed by atoms with van der Waals surface area (Å²) in [5.41, 5.74) is 6.48. The van der Waals surface area contributed by atoms with Crippen molar-refractivity contribution in [2.45, 2.75) is 70.0 Å². The minimum Gasteiger partial charge on any atom is -0.324 e. The number of piperidine rings is 1. The minimum absolute atomic E-state index is 0.167. The first-order valence-electron chi connectivity index (χ1n) is 6.15. The van der Waals surface area contributed by atoms with Gasteiger partial charge in [0.2, 0.25) is 0 Å². The fourth-order valence-electron chi connectivity index (χ4n) is 2.94. The SMILES string of the molecule is CC1CCCC(C)N1CC1(N)CCC1. The van der Waals surface area contributed by atoms with Crippen LogP contribution in [0.4, 0.5) is 0 Å². The van der Waals surface area contributed by atoms with Crippen molar-refractivity contribution >= 4 is 0 Å². The van der Waals surface area contributed by atoms with Crippen molar-refractivity contribution in [3.05, 3.63) is 0 Å². The highest BCUT2D eigenvalue weighted by molar-refractivity contribution is 4.97. The van der Waals surface area contributed by atoms with Crippen molar-refractivity contribution < 1.29 is 0 Å². The van der Waals surface area contributed by atoms with Crippen LogP contribution in [0.5, 0.6) is 0 Å². The van der Waals surface area contributed by atoms with Crippen LogP contribution in [0.25, 0.3) is 0 Å². The smallest absolute Gasteiger partial charge is 0.0283 e. The van der Waals surface area contributed by atoms with Crippen LogP contribution >= 0.6 is 0 Å². The second-order valence-electron chi connectivity index (χ2n) is 5.52. The van der Waals surface area contributed by atoms with Gasteiger partial charge in [0.25, 0.3) is 0 Å². The summed E-state index contributed by atoms with van der Waals surface area (Å²) >= 11 is 0. The Morgan fingerprint density at radius 2 is 1.71 bits per heavy atom. The second-order valence-corrected chi connectivity index (χ2v) is 5.52. The third-order valence-electron chi connectivity index (χ3n) is 4.22. The molecular formula is C12H24N2. The summed E-state index contributed by atoms with van der Waals surface area (Å²) in [6, 6.07) is 1.50. The summed E-state index contributed by atoms with van der Waals surface area (Å²) in [4.78, 5) is 2.64. The second kappa shape index (κ2) is 3.82. The maximum atomic E-state index is 6.32. The van der Waals surface area contributed by atoms with Crippen molar-refractivity contribution in [2.24, 2.45) is 5.73 Å². The lowest BCUT2D eigenvalue weighted by atomic mass is 9.76. The predicted octanol–water partition coefficient (Wildman–Crippen LogP) is 2.13. The molecule has 0 radical (unpaired) electrons. The van der Waals surface area contributed by atoms with E-state index in [9.17, 15) is 0 Å².